The lowest BCUT2D eigenvalue weighted by Gasteiger charge is -2.24. The first-order chi connectivity index (χ1) is 14.5. The molecule has 0 saturated carbocycles. The molecule has 0 bridgehead atoms. The minimum atomic E-state index is -0.798. The number of aliphatic hydroxyl groups is 1. The Morgan fingerprint density at radius 3 is 2.40 bits per heavy atom. The van der Waals surface area contributed by atoms with Crippen molar-refractivity contribution in [3.05, 3.63) is 101 Å². The molecule has 1 atom stereocenters. The van der Waals surface area contributed by atoms with Crippen LogP contribution in [0.25, 0.3) is 5.76 Å². The van der Waals surface area contributed by atoms with Gasteiger partial charge < -0.3 is 10.0 Å². The number of carbonyl (C=O) groups excluding carboxylic acids is 2. The van der Waals surface area contributed by atoms with E-state index in [-0.39, 0.29) is 17.9 Å². The number of nitrogens with zero attached hydrogens (tertiary/aromatic N) is 3. The Morgan fingerprint density at radius 1 is 1.00 bits per heavy atom. The lowest BCUT2D eigenvalue weighted by Crippen LogP contribution is -2.29. The lowest BCUT2D eigenvalue weighted by atomic mass is 9.95. The van der Waals surface area contributed by atoms with Crippen LogP contribution < -0.4 is 0 Å². The summed E-state index contributed by atoms with van der Waals surface area (Å²) in [7, 11) is 0. The summed E-state index contributed by atoms with van der Waals surface area (Å²) in [5.74, 6) is -1.59. The number of carbonyl (C=O) groups is 2. The zero-order valence-electron chi connectivity index (χ0n) is 16.7. The molecular formula is C24H21N3O3. The maximum absolute atomic E-state index is 13.0. The molecule has 2 aromatic heterocycles. The molecule has 0 spiro atoms. The second-order valence-corrected chi connectivity index (χ2v) is 7.32. The molecule has 3 heterocycles. The highest BCUT2D eigenvalue weighted by Gasteiger charge is 2.47. The summed E-state index contributed by atoms with van der Waals surface area (Å²) < 4.78 is 0. The molecule has 6 heteroatoms. The van der Waals surface area contributed by atoms with E-state index in [0.29, 0.717) is 17.0 Å². The standard InChI is InChI=1S/C24H21N3O3/c1-15-9-10-16(2)18(13-15)22(28)20-21(19-8-4-6-12-26-19)27(24(30)23(20)29)14-17-7-3-5-11-25-17/h3-13,21,28H,14H2,1-2H3/b22-20+. The molecule has 4 rings (SSSR count). The first-order valence-electron chi connectivity index (χ1n) is 9.64. The third kappa shape index (κ3) is 3.48. The van der Waals surface area contributed by atoms with Gasteiger partial charge in [0.1, 0.15) is 11.8 Å². The van der Waals surface area contributed by atoms with Crippen LogP contribution in [-0.2, 0) is 16.1 Å². The Bertz CT molecular complexity index is 1140. The number of Topliss-reactive ketones (excluding diaryl/α,β-unsaturated/α-hetero) is 1. The lowest BCUT2D eigenvalue weighted by molar-refractivity contribution is -0.140. The van der Waals surface area contributed by atoms with Crippen molar-refractivity contribution in [2.45, 2.75) is 26.4 Å². The second-order valence-electron chi connectivity index (χ2n) is 7.32. The third-order valence-corrected chi connectivity index (χ3v) is 5.21. The van der Waals surface area contributed by atoms with Gasteiger partial charge in [0.05, 0.1) is 23.5 Å². The van der Waals surface area contributed by atoms with Crippen LogP contribution in [0.15, 0.2) is 72.6 Å². The van der Waals surface area contributed by atoms with Gasteiger partial charge in [-0.05, 0) is 49.7 Å². The molecule has 1 aromatic carbocycles. The fraction of sp³-hybridized carbons (Fsp3) is 0.167. The van der Waals surface area contributed by atoms with Crippen molar-refractivity contribution in [1.29, 1.82) is 0 Å². The fourth-order valence-corrected chi connectivity index (χ4v) is 3.69. The minimum absolute atomic E-state index is 0.0448. The van der Waals surface area contributed by atoms with E-state index in [0.717, 1.165) is 11.1 Å². The van der Waals surface area contributed by atoms with Crippen molar-refractivity contribution >= 4 is 17.4 Å². The summed E-state index contributed by atoms with van der Waals surface area (Å²) in [6.45, 7) is 3.90. The molecule has 0 aliphatic carbocycles. The van der Waals surface area contributed by atoms with Gasteiger partial charge in [0.2, 0.25) is 0 Å². The molecule has 1 aliphatic heterocycles. The van der Waals surface area contributed by atoms with E-state index < -0.39 is 17.7 Å². The van der Waals surface area contributed by atoms with E-state index in [9.17, 15) is 14.7 Å². The summed E-state index contributed by atoms with van der Waals surface area (Å²) in [4.78, 5) is 36.1. The number of hydrogen-bond donors (Lipinski definition) is 1. The normalized spacial score (nSPS) is 18.1. The van der Waals surface area contributed by atoms with E-state index in [1.165, 1.54) is 4.90 Å². The highest BCUT2D eigenvalue weighted by molar-refractivity contribution is 6.46. The number of ketones is 1. The Morgan fingerprint density at radius 2 is 1.73 bits per heavy atom. The largest absolute Gasteiger partial charge is 0.507 e. The van der Waals surface area contributed by atoms with Crippen LogP contribution in [0.1, 0.15) is 34.1 Å². The van der Waals surface area contributed by atoms with Gasteiger partial charge in [0.15, 0.2) is 0 Å². The Balaban J connectivity index is 1.89. The van der Waals surface area contributed by atoms with Crippen molar-refractivity contribution in [3.8, 4) is 0 Å². The summed E-state index contributed by atoms with van der Waals surface area (Å²) >= 11 is 0. The number of rotatable bonds is 4. The second kappa shape index (κ2) is 7.91. The van der Waals surface area contributed by atoms with Crippen LogP contribution in [0.4, 0.5) is 0 Å². The zero-order chi connectivity index (χ0) is 21.3. The van der Waals surface area contributed by atoms with Gasteiger partial charge in [-0.3, -0.25) is 19.6 Å². The number of amides is 1. The summed E-state index contributed by atoms with van der Waals surface area (Å²) in [5, 5.41) is 11.2. The molecule has 3 aromatic rings. The van der Waals surface area contributed by atoms with Gasteiger partial charge in [-0.25, -0.2) is 0 Å². The number of hydrogen-bond acceptors (Lipinski definition) is 5. The van der Waals surface area contributed by atoms with Crippen molar-refractivity contribution in [1.82, 2.24) is 14.9 Å². The molecule has 1 saturated heterocycles. The maximum Gasteiger partial charge on any atom is 0.296 e. The van der Waals surface area contributed by atoms with Gasteiger partial charge in [-0.2, -0.15) is 0 Å². The molecule has 1 N–H and O–H groups in total. The quantitative estimate of drug-likeness (QED) is 0.411. The number of aromatic nitrogens is 2. The predicted octanol–water partition coefficient (Wildman–Crippen LogP) is 3.72. The predicted molar refractivity (Wildman–Crippen MR) is 112 cm³/mol. The Kier molecular flexibility index (Phi) is 5.14. The number of benzene rings is 1. The molecule has 1 unspecified atom stereocenters. The smallest absolute Gasteiger partial charge is 0.296 e. The molecule has 1 aliphatic rings. The Hall–Kier alpha value is -3.80. The number of likely N-dealkylation sites (tertiary alicyclic amines) is 1. The van der Waals surface area contributed by atoms with E-state index in [1.54, 1.807) is 42.7 Å². The van der Waals surface area contributed by atoms with Crippen molar-refractivity contribution in [3.63, 3.8) is 0 Å². The van der Waals surface area contributed by atoms with Gasteiger partial charge in [0.25, 0.3) is 11.7 Å². The van der Waals surface area contributed by atoms with Crippen LogP contribution in [0.5, 0.6) is 0 Å². The highest BCUT2D eigenvalue weighted by atomic mass is 16.3. The van der Waals surface area contributed by atoms with Crippen LogP contribution in [0, 0.1) is 13.8 Å². The van der Waals surface area contributed by atoms with E-state index in [4.69, 9.17) is 0 Å². The molecule has 1 fully saturated rings. The average Bonchev–Trinajstić information content (AvgIpc) is 3.01. The van der Waals surface area contributed by atoms with Crippen LogP contribution in [-0.4, -0.2) is 31.7 Å². The number of pyridine rings is 2. The minimum Gasteiger partial charge on any atom is -0.507 e. The van der Waals surface area contributed by atoms with Gasteiger partial charge >= 0.3 is 0 Å². The molecular weight excluding hydrogens is 378 g/mol. The third-order valence-electron chi connectivity index (χ3n) is 5.21. The van der Waals surface area contributed by atoms with Crippen LogP contribution in [0.3, 0.4) is 0 Å². The van der Waals surface area contributed by atoms with Gasteiger partial charge in [0, 0.05) is 18.0 Å². The zero-order valence-corrected chi connectivity index (χ0v) is 16.7. The summed E-state index contributed by atoms with van der Waals surface area (Å²) in [5.41, 5.74) is 3.50. The fourth-order valence-electron chi connectivity index (χ4n) is 3.69. The van der Waals surface area contributed by atoms with E-state index >= 15 is 0 Å². The highest BCUT2D eigenvalue weighted by Crippen LogP contribution is 2.39. The SMILES string of the molecule is Cc1ccc(C)c(/C(O)=C2\C(=O)C(=O)N(Cc3ccccn3)C2c2ccccn2)c1. The monoisotopic (exact) mass is 399 g/mol. The van der Waals surface area contributed by atoms with Gasteiger partial charge in [-0.15, -0.1) is 0 Å². The van der Waals surface area contributed by atoms with Crippen molar-refractivity contribution < 1.29 is 14.7 Å². The first kappa shape index (κ1) is 19.5. The molecule has 30 heavy (non-hydrogen) atoms. The van der Waals surface area contributed by atoms with Gasteiger partial charge in [-0.1, -0.05) is 29.8 Å². The van der Waals surface area contributed by atoms with Crippen LogP contribution >= 0.6 is 0 Å². The van der Waals surface area contributed by atoms with Crippen LogP contribution in [0.2, 0.25) is 0 Å². The molecule has 6 nitrogen and oxygen atoms in total. The van der Waals surface area contributed by atoms with E-state index in [2.05, 4.69) is 9.97 Å². The molecule has 150 valence electrons. The first-order valence-corrected chi connectivity index (χ1v) is 9.64. The van der Waals surface area contributed by atoms with E-state index in [1.807, 2.05) is 38.1 Å². The van der Waals surface area contributed by atoms with Crippen molar-refractivity contribution in [2.24, 2.45) is 0 Å². The topological polar surface area (TPSA) is 83.4 Å². The number of aryl methyl sites for hydroxylation is 2. The molecule has 1 amide bonds. The average molecular weight is 399 g/mol. The summed E-state index contributed by atoms with van der Waals surface area (Å²) in [6.07, 6.45) is 3.24. The van der Waals surface area contributed by atoms with Crippen molar-refractivity contribution in [2.75, 3.05) is 0 Å². The molecule has 0 radical (unpaired) electrons. The Labute approximate surface area is 174 Å². The maximum atomic E-state index is 13.0. The summed E-state index contributed by atoms with van der Waals surface area (Å²) in [6, 6.07) is 15.5. The number of aliphatic hydroxyl groups excluding tert-OH is 1.